The molecule has 0 unspecified atom stereocenters. The molecule has 0 aliphatic heterocycles. The summed E-state index contributed by atoms with van der Waals surface area (Å²) >= 11 is 5.94. The highest BCUT2D eigenvalue weighted by atomic mass is 35.5. The van der Waals surface area contributed by atoms with Crippen LogP contribution in [0.2, 0.25) is 5.02 Å². The number of rotatable bonds is 3. The molecule has 0 spiro atoms. The quantitative estimate of drug-likeness (QED) is 0.405. The van der Waals surface area contributed by atoms with Gasteiger partial charge >= 0.3 is 6.18 Å². The highest BCUT2D eigenvalue weighted by Gasteiger charge is 2.35. The summed E-state index contributed by atoms with van der Waals surface area (Å²) in [5.41, 5.74) is -0.168. The van der Waals surface area contributed by atoms with Gasteiger partial charge in [0.2, 0.25) is 0 Å². The van der Waals surface area contributed by atoms with Gasteiger partial charge in [0.1, 0.15) is 5.82 Å². The van der Waals surface area contributed by atoms with Crippen molar-refractivity contribution in [2.75, 3.05) is 5.32 Å². The predicted octanol–water partition coefficient (Wildman–Crippen LogP) is 5.77. The molecule has 2 aromatic heterocycles. The van der Waals surface area contributed by atoms with Crippen molar-refractivity contribution < 1.29 is 22.4 Å². The standard InChI is InChI=1S/C21H13ClF4N4O/c1-11-2-5-13(22)8-15(11)28-20(31)17-10-19-27-16(12-3-6-14(23)7-4-12)9-18(21(24,25)26)30(19)29-17/h2-10H,1H3,(H,28,31). The van der Waals surface area contributed by atoms with Crippen molar-refractivity contribution in [3.63, 3.8) is 0 Å². The van der Waals surface area contributed by atoms with E-state index in [-0.39, 0.29) is 22.6 Å². The zero-order chi connectivity index (χ0) is 22.3. The van der Waals surface area contributed by atoms with E-state index in [1.165, 1.54) is 18.2 Å². The second-order valence-electron chi connectivity index (χ2n) is 6.74. The first-order valence-corrected chi connectivity index (χ1v) is 9.31. The van der Waals surface area contributed by atoms with Crippen molar-refractivity contribution in [2.45, 2.75) is 13.1 Å². The Bertz CT molecular complexity index is 1300. The number of alkyl halides is 3. The minimum absolute atomic E-state index is 0.0302. The normalized spacial score (nSPS) is 11.7. The number of halogens is 5. The Morgan fingerprint density at radius 1 is 1.06 bits per heavy atom. The summed E-state index contributed by atoms with van der Waals surface area (Å²) in [4.78, 5) is 16.8. The number of carbonyl (C=O) groups is 1. The first kappa shape index (κ1) is 20.8. The van der Waals surface area contributed by atoms with E-state index in [2.05, 4.69) is 15.4 Å². The molecule has 5 nitrogen and oxygen atoms in total. The van der Waals surface area contributed by atoms with Gasteiger partial charge in [0.05, 0.1) is 5.69 Å². The average molecular weight is 449 g/mol. The maximum atomic E-state index is 13.7. The van der Waals surface area contributed by atoms with Crippen molar-refractivity contribution in [3.05, 3.63) is 82.4 Å². The molecule has 1 amide bonds. The van der Waals surface area contributed by atoms with E-state index < -0.39 is 23.6 Å². The third kappa shape index (κ3) is 4.22. The van der Waals surface area contributed by atoms with Crippen LogP contribution in [0.25, 0.3) is 16.9 Å². The summed E-state index contributed by atoms with van der Waals surface area (Å²) in [6.07, 6.45) is -4.76. The van der Waals surface area contributed by atoms with Gasteiger partial charge in [-0.05, 0) is 55.0 Å². The first-order valence-electron chi connectivity index (χ1n) is 8.93. The van der Waals surface area contributed by atoms with Crippen LogP contribution in [0, 0.1) is 12.7 Å². The van der Waals surface area contributed by atoms with Crippen LogP contribution in [0.5, 0.6) is 0 Å². The molecule has 158 valence electrons. The molecule has 1 N–H and O–H groups in total. The Morgan fingerprint density at radius 3 is 2.45 bits per heavy atom. The number of amides is 1. The number of anilines is 1. The number of fused-ring (bicyclic) bond motifs is 1. The summed E-state index contributed by atoms with van der Waals surface area (Å²) in [7, 11) is 0. The molecule has 31 heavy (non-hydrogen) atoms. The van der Waals surface area contributed by atoms with E-state index in [9.17, 15) is 22.4 Å². The molecule has 0 saturated heterocycles. The Morgan fingerprint density at radius 2 is 1.77 bits per heavy atom. The number of carbonyl (C=O) groups excluding carboxylic acids is 1. The highest BCUT2D eigenvalue weighted by molar-refractivity contribution is 6.31. The number of aromatic nitrogens is 3. The zero-order valence-electron chi connectivity index (χ0n) is 15.8. The van der Waals surface area contributed by atoms with Gasteiger partial charge < -0.3 is 5.32 Å². The fraction of sp³-hybridized carbons (Fsp3) is 0.0952. The summed E-state index contributed by atoms with van der Waals surface area (Å²) in [6.45, 7) is 1.74. The molecular formula is C21H13ClF4N4O. The van der Waals surface area contributed by atoms with Crippen LogP contribution >= 0.6 is 11.6 Å². The SMILES string of the molecule is Cc1ccc(Cl)cc1NC(=O)c1cc2nc(-c3ccc(F)cc3)cc(C(F)(F)F)n2n1. The van der Waals surface area contributed by atoms with Gasteiger partial charge in [0, 0.05) is 22.3 Å². The van der Waals surface area contributed by atoms with E-state index in [1.807, 2.05) is 0 Å². The fourth-order valence-electron chi connectivity index (χ4n) is 2.97. The second kappa shape index (κ2) is 7.66. The first-order chi connectivity index (χ1) is 14.6. The van der Waals surface area contributed by atoms with Gasteiger partial charge in [-0.2, -0.15) is 18.3 Å². The lowest BCUT2D eigenvalue weighted by molar-refractivity contribution is -0.142. The minimum Gasteiger partial charge on any atom is -0.320 e. The Balaban J connectivity index is 1.79. The zero-order valence-corrected chi connectivity index (χ0v) is 16.6. The van der Waals surface area contributed by atoms with Gasteiger partial charge in [0.25, 0.3) is 5.91 Å². The maximum absolute atomic E-state index is 13.7. The number of aryl methyl sites for hydroxylation is 1. The predicted molar refractivity (Wildman–Crippen MR) is 108 cm³/mol. The van der Waals surface area contributed by atoms with E-state index in [1.54, 1.807) is 19.1 Å². The van der Waals surface area contributed by atoms with Crippen molar-refractivity contribution in [3.8, 4) is 11.3 Å². The Hall–Kier alpha value is -3.46. The molecule has 0 bridgehead atoms. The summed E-state index contributed by atoms with van der Waals surface area (Å²) in [5.74, 6) is -1.24. The summed E-state index contributed by atoms with van der Waals surface area (Å²) < 4.78 is 54.7. The number of hydrogen-bond acceptors (Lipinski definition) is 3. The van der Waals surface area contributed by atoms with Crippen LogP contribution in [-0.2, 0) is 6.18 Å². The molecule has 4 rings (SSSR count). The Kier molecular flexibility index (Phi) is 5.14. The van der Waals surface area contributed by atoms with Crippen LogP contribution in [0.1, 0.15) is 21.7 Å². The number of nitrogens with zero attached hydrogens (tertiary/aromatic N) is 3. The molecule has 0 fully saturated rings. The van der Waals surface area contributed by atoms with Crippen molar-refractivity contribution >= 4 is 28.8 Å². The molecule has 4 aromatic rings. The summed E-state index contributed by atoms with van der Waals surface area (Å²) in [5, 5.41) is 6.78. The topological polar surface area (TPSA) is 59.3 Å². The number of hydrogen-bond donors (Lipinski definition) is 1. The van der Waals surface area contributed by atoms with Crippen molar-refractivity contribution in [2.24, 2.45) is 0 Å². The van der Waals surface area contributed by atoms with E-state index >= 15 is 0 Å². The second-order valence-corrected chi connectivity index (χ2v) is 7.18. The third-order valence-corrected chi connectivity index (χ3v) is 4.77. The van der Waals surface area contributed by atoms with Gasteiger partial charge in [0.15, 0.2) is 17.0 Å². The molecule has 0 aliphatic carbocycles. The summed E-state index contributed by atoms with van der Waals surface area (Å²) in [6, 6.07) is 11.7. The Labute approximate surface area is 178 Å². The molecule has 0 radical (unpaired) electrons. The van der Waals surface area contributed by atoms with Gasteiger partial charge in [-0.3, -0.25) is 4.79 Å². The minimum atomic E-state index is -4.76. The molecular weight excluding hydrogens is 436 g/mol. The molecule has 2 aromatic carbocycles. The molecule has 2 heterocycles. The van der Waals surface area contributed by atoms with Crippen molar-refractivity contribution in [1.29, 1.82) is 0 Å². The molecule has 0 saturated carbocycles. The van der Waals surface area contributed by atoms with Crippen LogP contribution in [0.4, 0.5) is 23.2 Å². The van der Waals surface area contributed by atoms with Crippen LogP contribution in [0.15, 0.2) is 54.6 Å². The van der Waals surface area contributed by atoms with Crippen LogP contribution in [-0.4, -0.2) is 20.5 Å². The van der Waals surface area contributed by atoms with E-state index in [4.69, 9.17) is 11.6 Å². The van der Waals surface area contributed by atoms with Crippen LogP contribution in [0.3, 0.4) is 0 Å². The number of benzene rings is 2. The lowest BCUT2D eigenvalue weighted by Crippen LogP contribution is -2.16. The third-order valence-electron chi connectivity index (χ3n) is 4.54. The van der Waals surface area contributed by atoms with Gasteiger partial charge in [-0.25, -0.2) is 13.9 Å². The van der Waals surface area contributed by atoms with E-state index in [0.29, 0.717) is 20.8 Å². The molecule has 0 aliphatic rings. The number of nitrogens with one attached hydrogen (secondary N) is 1. The highest BCUT2D eigenvalue weighted by Crippen LogP contribution is 2.32. The largest absolute Gasteiger partial charge is 0.433 e. The average Bonchev–Trinajstić information content (AvgIpc) is 3.14. The molecule has 10 heteroatoms. The van der Waals surface area contributed by atoms with E-state index in [0.717, 1.165) is 24.3 Å². The van der Waals surface area contributed by atoms with Crippen molar-refractivity contribution in [1.82, 2.24) is 14.6 Å². The smallest absolute Gasteiger partial charge is 0.320 e. The maximum Gasteiger partial charge on any atom is 0.433 e. The van der Waals surface area contributed by atoms with Gasteiger partial charge in [-0.1, -0.05) is 17.7 Å². The lowest BCUT2D eigenvalue weighted by atomic mass is 10.1. The van der Waals surface area contributed by atoms with Gasteiger partial charge in [-0.15, -0.1) is 0 Å². The fourth-order valence-corrected chi connectivity index (χ4v) is 3.14. The monoisotopic (exact) mass is 448 g/mol. The van der Waals surface area contributed by atoms with Crippen LogP contribution < -0.4 is 5.32 Å². The lowest BCUT2D eigenvalue weighted by Gasteiger charge is -2.11. The molecule has 0 atom stereocenters.